The van der Waals surface area contributed by atoms with Crippen LogP contribution in [0.1, 0.15) is 5.56 Å². The molecule has 0 saturated heterocycles. The van der Waals surface area contributed by atoms with Gasteiger partial charge in [-0.1, -0.05) is 12.1 Å². The maximum Gasteiger partial charge on any atom is 0.123 e. The van der Waals surface area contributed by atoms with E-state index in [0.29, 0.717) is 5.56 Å². The third-order valence-corrected chi connectivity index (χ3v) is 2.22. The van der Waals surface area contributed by atoms with Gasteiger partial charge < -0.3 is 0 Å². The zero-order valence-electron chi connectivity index (χ0n) is 6.71. The average molecular weight is 187 g/mol. The largest absolute Gasteiger partial charge is 0.253 e. The first-order chi connectivity index (χ1) is 5.47. The first-order valence-electron chi connectivity index (χ1n) is 3.43. The van der Waals surface area contributed by atoms with Crippen LogP contribution in [-0.2, 0) is 15.5 Å². The number of hydrogen-bond donors (Lipinski definition) is 1. The number of halogens is 1. The van der Waals surface area contributed by atoms with Gasteiger partial charge in [-0.05, 0) is 17.7 Å². The maximum atomic E-state index is 12.6. The Bertz CT molecular complexity index is 372. The van der Waals surface area contributed by atoms with Gasteiger partial charge in [-0.2, -0.15) is 0 Å². The van der Waals surface area contributed by atoms with Gasteiger partial charge in [0.05, 0.1) is 5.75 Å². The molecule has 1 rings (SSSR count). The summed E-state index contributed by atoms with van der Waals surface area (Å²) in [6.07, 6.45) is 1.35. The predicted octanol–water partition coefficient (Wildman–Crippen LogP) is 2.00. The molecule has 0 aliphatic carbocycles. The summed E-state index contributed by atoms with van der Waals surface area (Å²) in [5.74, 6) is -0.235. The Hall–Kier alpha value is -0.900. The Kier molecular flexibility index (Phi) is 2.47. The van der Waals surface area contributed by atoms with Gasteiger partial charge in [-0.15, -0.1) is 0 Å². The molecule has 0 aliphatic heterocycles. The van der Waals surface area contributed by atoms with Crippen molar-refractivity contribution < 1.29 is 8.60 Å². The molecule has 66 valence electrons. The van der Waals surface area contributed by atoms with E-state index in [9.17, 15) is 8.60 Å². The molecule has 1 N–H and O–H groups in total. The number of nitrogens with one attached hydrogen (secondary N) is 1. The first-order valence-corrected chi connectivity index (χ1v) is 5.57. The molecule has 1 atom stereocenters. The molecule has 12 heavy (non-hydrogen) atoms. The van der Waals surface area contributed by atoms with E-state index in [4.69, 9.17) is 4.78 Å². The second-order valence-electron chi connectivity index (χ2n) is 2.78. The molecule has 0 fully saturated rings. The third-order valence-electron chi connectivity index (χ3n) is 1.33. The molecule has 0 bridgehead atoms. The van der Waals surface area contributed by atoms with E-state index in [1.54, 1.807) is 12.1 Å². The SMILES string of the molecule is CS(=N)(=O)Cc1cccc(F)c1. The maximum absolute atomic E-state index is 12.6. The fraction of sp³-hybridized carbons (Fsp3) is 0.250. The van der Waals surface area contributed by atoms with E-state index >= 15 is 0 Å². The zero-order chi connectivity index (χ0) is 9.19. The second-order valence-corrected chi connectivity index (χ2v) is 5.08. The van der Waals surface area contributed by atoms with Crippen molar-refractivity contribution in [2.24, 2.45) is 0 Å². The quantitative estimate of drug-likeness (QED) is 0.755. The predicted molar refractivity (Wildman–Crippen MR) is 46.9 cm³/mol. The Morgan fingerprint density at radius 3 is 2.75 bits per heavy atom. The normalized spacial score (nSPS) is 15.5. The molecule has 0 aromatic heterocycles. The van der Waals surface area contributed by atoms with Gasteiger partial charge >= 0.3 is 0 Å². The van der Waals surface area contributed by atoms with Gasteiger partial charge in [0.25, 0.3) is 0 Å². The molecule has 1 aromatic carbocycles. The van der Waals surface area contributed by atoms with Crippen LogP contribution in [0.3, 0.4) is 0 Å². The number of benzene rings is 1. The fourth-order valence-corrected chi connectivity index (χ4v) is 1.76. The van der Waals surface area contributed by atoms with Gasteiger partial charge in [0.15, 0.2) is 0 Å². The Morgan fingerprint density at radius 1 is 1.58 bits per heavy atom. The molecular formula is C8H10FNOS. The van der Waals surface area contributed by atoms with Crippen LogP contribution >= 0.6 is 0 Å². The molecule has 0 spiro atoms. The lowest BCUT2D eigenvalue weighted by molar-refractivity contribution is 0.626. The molecule has 0 heterocycles. The highest BCUT2D eigenvalue weighted by molar-refractivity contribution is 7.90. The van der Waals surface area contributed by atoms with Crippen LogP contribution in [0, 0.1) is 10.6 Å². The van der Waals surface area contributed by atoms with E-state index in [2.05, 4.69) is 0 Å². The van der Waals surface area contributed by atoms with Crippen LogP contribution in [0.5, 0.6) is 0 Å². The van der Waals surface area contributed by atoms with Gasteiger partial charge in [-0.25, -0.2) is 8.60 Å². The summed E-state index contributed by atoms with van der Waals surface area (Å²) in [4.78, 5) is 0. The van der Waals surface area contributed by atoms with Crippen LogP contribution in [0.2, 0.25) is 0 Å². The minimum atomic E-state index is -2.56. The van der Waals surface area contributed by atoms with E-state index in [1.807, 2.05) is 0 Å². The molecule has 0 radical (unpaired) electrons. The summed E-state index contributed by atoms with van der Waals surface area (Å²) in [5, 5.41) is 0. The monoisotopic (exact) mass is 187 g/mol. The fourth-order valence-electron chi connectivity index (χ4n) is 0.945. The lowest BCUT2D eigenvalue weighted by Crippen LogP contribution is -1.98. The Morgan fingerprint density at radius 2 is 2.25 bits per heavy atom. The van der Waals surface area contributed by atoms with Gasteiger partial charge in [0, 0.05) is 16.0 Å². The van der Waals surface area contributed by atoms with Crippen LogP contribution in [0.15, 0.2) is 24.3 Å². The summed E-state index contributed by atoms with van der Waals surface area (Å²) in [7, 11) is -2.56. The van der Waals surface area contributed by atoms with Crippen molar-refractivity contribution in [2.75, 3.05) is 6.26 Å². The van der Waals surface area contributed by atoms with Crippen molar-refractivity contribution in [3.05, 3.63) is 35.6 Å². The molecule has 4 heteroatoms. The molecule has 0 amide bonds. The number of hydrogen-bond acceptors (Lipinski definition) is 2. The Labute approximate surface area is 71.4 Å². The minimum Gasteiger partial charge on any atom is -0.253 e. The van der Waals surface area contributed by atoms with E-state index in [1.165, 1.54) is 18.4 Å². The van der Waals surface area contributed by atoms with Crippen molar-refractivity contribution in [1.82, 2.24) is 0 Å². The molecule has 1 unspecified atom stereocenters. The third kappa shape index (κ3) is 3.00. The summed E-state index contributed by atoms with van der Waals surface area (Å²) in [6, 6.07) is 5.85. The molecular weight excluding hydrogens is 177 g/mol. The smallest absolute Gasteiger partial charge is 0.123 e. The highest BCUT2D eigenvalue weighted by Gasteiger charge is 2.00. The van der Waals surface area contributed by atoms with Gasteiger partial charge in [0.1, 0.15) is 5.82 Å². The minimum absolute atomic E-state index is 0.116. The lowest BCUT2D eigenvalue weighted by Gasteiger charge is -2.00. The van der Waals surface area contributed by atoms with E-state index in [0.717, 1.165) is 0 Å². The molecule has 2 nitrogen and oxygen atoms in total. The van der Waals surface area contributed by atoms with Crippen molar-refractivity contribution in [3.63, 3.8) is 0 Å². The van der Waals surface area contributed by atoms with Crippen LogP contribution in [-0.4, -0.2) is 10.5 Å². The highest BCUT2D eigenvalue weighted by atomic mass is 32.2. The van der Waals surface area contributed by atoms with Crippen molar-refractivity contribution in [2.45, 2.75) is 5.75 Å². The van der Waals surface area contributed by atoms with E-state index in [-0.39, 0.29) is 11.6 Å². The van der Waals surface area contributed by atoms with Crippen LogP contribution in [0.25, 0.3) is 0 Å². The Balaban J connectivity index is 2.91. The average Bonchev–Trinajstić information content (AvgIpc) is 1.82. The summed E-state index contributed by atoms with van der Waals surface area (Å²) < 4.78 is 30.7. The van der Waals surface area contributed by atoms with Gasteiger partial charge in [0.2, 0.25) is 0 Å². The van der Waals surface area contributed by atoms with Gasteiger partial charge in [-0.3, -0.25) is 4.78 Å². The lowest BCUT2D eigenvalue weighted by atomic mass is 10.2. The summed E-state index contributed by atoms with van der Waals surface area (Å²) in [6.45, 7) is 0. The van der Waals surface area contributed by atoms with Crippen molar-refractivity contribution >= 4 is 9.73 Å². The standard InChI is InChI=1S/C8H10FNOS/c1-12(10,11)6-7-3-2-4-8(9)5-7/h2-5,10H,6H2,1H3. The second kappa shape index (κ2) is 3.23. The van der Waals surface area contributed by atoms with Crippen LogP contribution < -0.4 is 0 Å². The molecule has 0 aliphatic rings. The zero-order valence-corrected chi connectivity index (χ0v) is 7.53. The number of rotatable bonds is 2. The summed E-state index contributed by atoms with van der Waals surface area (Å²) in [5.41, 5.74) is 0.609. The highest BCUT2D eigenvalue weighted by Crippen LogP contribution is 2.07. The van der Waals surface area contributed by atoms with E-state index < -0.39 is 9.73 Å². The first kappa shape index (κ1) is 9.19. The molecule has 0 saturated carbocycles. The van der Waals surface area contributed by atoms with Crippen LogP contribution in [0.4, 0.5) is 4.39 Å². The molecule has 1 aromatic rings. The van der Waals surface area contributed by atoms with Crippen molar-refractivity contribution in [1.29, 1.82) is 4.78 Å². The van der Waals surface area contributed by atoms with Crippen molar-refractivity contribution in [3.8, 4) is 0 Å². The summed E-state index contributed by atoms with van der Waals surface area (Å²) >= 11 is 0. The topological polar surface area (TPSA) is 40.9 Å².